The smallest absolute Gasteiger partial charge is 0.267 e. The molecule has 256 valence electrons. The molecule has 0 unspecified atom stereocenters. The molecule has 0 spiro atoms. The minimum Gasteiger partial charge on any atom is -0.454 e. The zero-order valence-corrected chi connectivity index (χ0v) is 29.9. The number of anilines is 1. The van der Waals surface area contributed by atoms with E-state index in [2.05, 4.69) is 22.8 Å². The van der Waals surface area contributed by atoms with Crippen molar-refractivity contribution in [3.05, 3.63) is 68.5 Å². The molecule has 3 aliphatic heterocycles. The summed E-state index contributed by atoms with van der Waals surface area (Å²) in [4.78, 5) is 39.4. The number of carbonyl (C=O) groups excluding carboxylic acids is 1. The standard InChI is InChI=1S/C37H47N5O4S2/c1-3-4-5-6-7-8-9-10-11-12-17-41-36(44)32(48-37(41)47)23-29-34(38-33-16-13-27(2)24-42(33)35(29)43)40-20-18-39(19-21-40)25-28-14-15-30-31(22-28)46-26-45-30/h13-16,22-24H,3-12,17-21,25-26H2,1-2H3. The first-order valence-electron chi connectivity index (χ1n) is 17.6. The van der Waals surface area contributed by atoms with Gasteiger partial charge in [0.2, 0.25) is 6.79 Å². The molecule has 3 aliphatic rings. The molecular formula is C37H47N5O4S2. The Labute approximate surface area is 293 Å². The van der Waals surface area contributed by atoms with Gasteiger partial charge in [-0.25, -0.2) is 4.98 Å². The Balaban J connectivity index is 1.12. The van der Waals surface area contributed by atoms with Crippen molar-refractivity contribution in [2.24, 2.45) is 0 Å². The number of pyridine rings is 1. The zero-order chi connectivity index (χ0) is 33.5. The lowest BCUT2D eigenvalue weighted by atomic mass is 10.1. The van der Waals surface area contributed by atoms with Crippen LogP contribution < -0.4 is 19.9 Å². The van der Waals surface area contributed by atoms with Crippen molar-refractivity contribution in [1.82, 2.24) is 19.2 Å². The highest BCUT2D eigenvalue weighted by Crippen LogP contribution is 2.35. The summed E-state index contributed by atoms with van der Waals surface area (Å²) in [5.74, 6) is 2.08. The summed E-state index contributed by atoms with van der Waals surface area (Å²) in [5.41, 5.74) is 2.98. The molecule has 6 rings (SSSR count). The normalized spacial score (nSPS) is 17.4. The summed E-state index contributed by atoms with van der Waals surface area (Å²) < 4.78 is 13.2. The third kappa shape index (κ3) is 8.23. The van der Waals surface area contributed by atoms with Crippen LogP contribution in [0.1, 0.15) is 87.8 Å². The third-order valence-corrected chi connectivity index (χ3v) is 10.8. The van der Waals surface area contributed by atoms with E-state index in [1.807, 2.05) is 37.4 Å². The van der Waals surface area contributed by atoms with Gasteiger partial charge in [-0.3, -0.25) is 23.8 Å². The number of thioether (sulfide) groups is 1. The van der Waals surface area contributed by atoms with E-state index >= 15 is 0 Å². The molecule has 3 aromatic rings. The molecule has 2 saturated heterocycles. The van der Waals surface area contributed by atoms with Gasteiger partial charge in [-0.15, -0.1) is 0 Å². The maximum atomic E-state index is 14.0. The van der Waals surface area contributed by atoms with Crippen LogP contribution in [0.5, 0.6) is 11.5 Å². The van der Waals surface area contributed by atoms with Gasteiger partial charge in [-0.1, -0.05) is 101 Å². The van der Waals surface area contributed by atoms with Crippen LogP contribution in [0.25, 0.3) is 11.7 Å². The van der Waals surface area contributed by atoms with Crippen LogP contribution in [0.3, 0.4) is 0 Å². The molecule has 5 heterocycles. The molecule has 2 fully saturated rings. The topological polar surface area (TPSA) is 79.6 Å². The van der Waals surface area contributed by atoms with Crippen molar-refractivity contribution >= 4 is 51.7 Å². The number of hydrogen-bond acceptors (Lipinski definition) is 9. The molecule has 1 aromatic carbocycles. The summed E-state index contributed by atoms with van der Waals surface area (Å²) in [5, 5.41) is 0. The van der Waals surface area contributed by atoms with Crippen LogP contribution in [0.15, 0.2) is 46.2 Å². The first kappa shape index (κ1) is 34.5. The van der Waals surface area contributed by atoms with Crippen LogP contribution in [-0.4, -0.2) is 68.9 Å². The number of aryl methyl sites for hydroxylation is 1. The van der Waals surface area contributed by atoms with Crippen LogP contribution in [0.2, 0.25) is 0 Å². The summed E-state index contributed by atoms with van der Waals surface area (Å²) in [6, 6.07) is 9.94. The SMILES string of the molecule is CCCCCCCCCCCCN1C(=O)C(=Cc2c(N3CCN(Cc4ccc5c(c4)OCO5)CC3)nc3ccc(C)cn3c2=O)SC1=S. The van der Waals surface area contributed by atoms with Gasteiger partial charge in [0.25, 0.3) is 11.5 Å². The van der Waals surface area contributed by atoms with Gasteiger partial charge in [0.1, 0.15) is 15.8 Å². The molecule has 9 nitrogen and oxygen atoms in total. The van der Waals surface area contributed by atoms with Crippen molar-refractivity contribution in [2.75, 3.05) is 44.4 Å². The number of rotatable bonds is 15. The van der Waals surface area contributed by atoms with E-state index in [4.69, 9.17) is 26.7 Å². The average molecular weight is 690 g/mol. The van der Waals surface area contributed by atoms with Crippen molar-refractivity contribution in [3.8, 4) is 11.5 Å². The minimum atomic E-state index is -0.179. The average Bonchev–Trinajstić information content (AvgIpc) is 3.66. The highest BCUT2D eigenvalue weighted by Gasteiger charge is 2.33. The van der Waals surface area contributed by atoms with Gasteiger partial charge in [0.05, 0.1) is 10.5 Å². The number of fused-ring (bicyclic) bond motifs is 2. The van der Waals surface area contributed by atoms with Gasteiger partial charge >= 0.3 is 0 Å². The Morgan fingerprint density at radius 2 is 1.60 bits per heavy atom. The minimum absolute atomic E-state index is 0.117. The Hall–Kier alpha value is -3.41. The quantitative estimate of drug-likeness (QED) is 0.0937. The molecule has 2 aromatic heterocycles. The number of nitrogens with zero attached hydrogens (tertiary/aromatic N) is 5. The lowest BCUT2D eigenvalue weighted by Crippen LogP contribution is -2.47. The van der Waals surface area contributed by atoms with Gasteiger partial charge in [0.15, 0.2) is 11.5 Å². The van der Waals surface area contributed by atoms with E-state index < -0.39 is 0 Å². The zero-order valence-electron chi connectivity index (χ0n) is 28.2. The van der Waals surface area contributed by atoms with E-state index in [9.17, 15) is 9.59 Å². The lowest BCUT2D eigenvalue weighted by Gasteiger charge is -2.36. The highest BCUT2D eigenvalue weighted by atomic mass is 32.2. The van der Waals surface area contributed by atoms with Gasteiger partial charge in [-0.2, -0.15) is 0 Å². The van der Waals surface area contributed by atoms with Crippen molar-refractivity contribution in [3.63, 3.8) is 0 Å². The highest BCUT2D eigenvalue weighted by molar-refractivity contribution is 8.26. The summed E-state index contributed by atoms with van der Waals surface area (Å²) in [6.07, 6.45) is 15.9. The number of ether oxygens (including phenoxy) is 2. The molecule has 1 amide bonds. The fraction of sp³-hybridized carbons (Fsp3) is 0.514. The number of carbonyl (C=O) groups is 1. The number of piperazine rings is 1. The first-order valence-corrected chi connectivity index (χ1v) is 18.8. The molecule has 0 N–H and O–H groups in total. The predicted molar refractivity (Wildman–Crippen MR) is 198 cm³/mol. The number of thiocarbonyl (C=S) groups is 1. The maximum Gasteiger partial charge on any atom is 0.267 e. The molecule has 0 atom stereocenters. The van der Waals surface area contributed by atoms with E-state index in [0.29, 0.717) is 45.9 Å². The second-order valence-corrected chi connectivity index (χ2v) is 14.7. The second kappa shape index (κ2) is 16.3. The van der Waals surface area contributed by atoms with Crippen molar-refractivity contribution < 1.29 is 14.3 Å². The molecule has 0 saturated carbocycles. The number of hydrogen-bond donors (Lipinski definition) is 0. The Morgan fingerprint density at radius 1 is 0.896 bits per heavy atom. The lowest BCUT2D eigenvalue weighted by molar-refractivity contribution is -0.122. The first-order chi connectivity index (χ1) is 23.4. The monoisotopic (exact) mass is 689 g/mol. The number of aromatic nitrogens is 2. The molecule has 0 bridgehead atoms. The van der Waals surface area contributed by atoms with Gasteiger partial charge in [-0.05, 0) is 48.7 Å². The number of unbranched alkanes of at least 4 members (excludes halogenated alkanes) is 9. The third-order valence-electron chi connectivity index (χ3n) is 9.38. The van der Waals surface area contributed by atoms with E-state index in [1.54, 1.807) is 15.4 Å². The maximum absolute atomic E-state index is 14.0. The molecular weight excluding hydrogens is 643 g/mol. The fourth-order valence-corrected chi connectivity index (χ4v) is 7.90. The van der Waals surface area contributed by atoms with Crippen LogP contribution in [0.4, 0.5) is 5.82 Å². The van der Waals surface area contributed by atoms with Crippen LogP contribution in [0, 0.1) is 6.92 Å². The largest absolute Gasteiger partial charge is 0.454 e. The second-order valence-electron chi connectivity index (χ2n) is 13.1. The summed E-state index contributed by atoms with van der Waals surface area (Å²) >= 11 is 6.94. The van der Waals surface area contributed by atoms with Gasteiger partial charge in [0, 0.05) is 45.5 Å². The summed E-state index contributed by atoms with van der Waals surface area (Å²) in [6.45, 7) is 8.92. The Kier molecular flexibility index (Phi) is 11.7. The van der Waals surface area contributed by atoms with Crippen molar-refractivity contribution in [1.29, 1.82) is 0 Å². The summed E-state index contributed by atoms with van der Waals surface area (Å²) in [7, 11) is 0. The van der Waals surface area contributed by atoms with Crippen LogP contribution >= 0.6 is 24.0 Å². The predicted octanol–water partition coefficient (Wildman–Crippen LogP) is 7.18. The molecule has 11 heteroatoms. The Morgan fingerprint density at radius 3 is 2.35 bits per heavy atom. The van der Waals surface area contributed by atoms with E-state index in [0.717, 1.165) is 49.5 Å². The van der Waals surface area contributed by atoms with E-state index in [1.165, 1.54) is 68.7 Å². The number of benzene rings is 1. The Bertz CT molecular complexity index is 1720. The van der Waals surface area contributed by atoms with Gasteiger partial charge < -0.3 is 14.4 Å². The number of amides is 1. The molecule has 48 heavy (non-hydrogen) atoms. The van der Waals surface area contributed by atoms with Crippen LogP contribution in [-0.2, 0) is 11.3 Å². The molecule has 0 radical (unpaired) electrons. The fourth-order valence-electron chi connectivity index (χ4n) is 6.61. The van der Waals surface area contributed by atoms with E-state index in [-0.39, 0.29) is 18.3 Å². The molecule has 0 aliphatic carbocycles. The van der Waals surface area contributed by atoms with Crippen molar-refractivity contribution in [2.45, 2.75) is 84.6 Å².